The highest BCUT2D eigenvalue weighted by Crippen LogP contribution is 2.37. The van der Waals surface area contributed by atoms with Crippen molar-refractivity contribution in [3.63, 3.8) is 0 Å². The molecule has 0 bridgehead atoms. The molecule has 1 saturated heterocycles. The smallest absolute Gasteiger partial charge is 0.268 e. The number of amides is 1. The number of benzene rings is 1. The lowest BCUT2D eigenvalue weighted by Gasteiger charge is -2.15. The van der Waals surface area contributed by atoms with Crippen LogP contribution in [0.4, 0.5) is 5.69 Å². The number of thiophene rings is 1. The number of hydrogen-bond donors (Lipinski definition) is 0. The summed E-state index contributed by atoms with van der Waals surface area (Å²) in [5, 5.41) is 0. The van der Waals surface area contributed by atoms with Crippen LogP contribution in [-0.4, -0.2) is 10.2 Å². The van der Waals surface area contributed by atoms with Gasteiger partial charge in [-0.15, -0.1) is 11.3 Å². The van der Waals surface area contributed by atoms with Crippen LogP contribution in [0.1, 0.15) is 20.9 Å². The topological polar surface area (TPSA) is 20.3 Å². The summed E-state index contributed by atoms with van der Waals surface area (Å²) in [7, 11) is 0. The minimum Gasteiger partial charge on any atom is -0.268 e. The van der Waals surface area contributed by atoms with Gasteiger partial charge in [-0.05, 0) is 62.2 Å². The van der Waals surface area contributed by atoms with Crippen molar-refractivity contribution in [2.24, 2.45) is 0 Å². The van der Waals surface area contributed by atoms with Crippen molar-refractivity contribution in [2.45, 2.75) is 20.8 Å². The predicted molar refractivity (Wildman–Crippen MR) is 101 cm³/mol. The predicted octanol–water partition coefficient (Wildman–Crippen LogP) is 5.08. The molecule has 2 aromatic rings. The quantitative estimate of drug-likeness (QED) is 0.559. The lowest BCUT2D eigenvalue weighted by Crippen LogP contribution is -2.27. The summed E-state index contributed by atoms with van der Waals surface area (Å²) in [6, 6.07) is 10.1. The Hall–Kier alpha value is -1.43. The van der Waals surface area contributed by atoms with E-state index >= 15 is 0 Å². The number of carbonyl (C=O) groups excluding carboxylic acids is 1. The van der Waals surface area contributed by atoms with Crippen LogP contribution in [0.5, 0.6) is 0 Å². The summed E-state index contributed by atoms with van der Waals surface area (Å²) in [6.45, 7) is 6.16. The van der Waals surface area contributed by atoms with Gasteiger partial charge in [0.15, 0.2) is 4.32 Å². The van der Waals surface area contributed by atoms with Crippen molar-refractivity contribution < 1.29 is 4.79 Å². The number of carbonyl (C=O) groups is 1. The van der Waals surface area contributed by atoms with Gasteiger partial charge < -0.3 is 0 Å². The number of thiocarbonyl (C=S) groups is 1. The maximum absolute atomic E-state index is 12.7. The fourth-order valence-electron chi connectivity index (χ4n) is 2.22. The molecule has 0 spiro atoms. The summed E-state index contributed by atoms with van der Waals surface area (Å²) in [5.74, 6) is -0.0377. The molecule has 0 unspecified atom stereocenters. The first-order chi connectivity index (χ1) is 10.5. The van der Waals surface area contributed by atoms with E-state index in [2.05, 4.69) is 19.9 Å². The standard InChI is InChI=1S/C17H15NOS3/c1-10-4-6-13(8-11(10)2)18-16(19)15(22-17(18)20)9-14-7-5-12(3)21-14/h4-9H,1-3H3/b15-9+. The Labute approximate surface area is 143 Å². The molecule has 0 atom stereocenters. The first-order valence-corrected chi connectivity index (χ1v) is 8.91. The lowest BCUT2D eigenvalue weighted by atomic mass is 10.1. The van der Waals surface area contributed by atoms with Crippen LogP contribution in [0.15, 0.2) is 35.2 Å². The lowest BCUT2D eigenvalue weighted by molar-refractivity contribution is -0.113. The Balaban J connectivity index is 1.94. The van der Waals surface area contributed by atoms with Gasteiger partial charge in [0.1, 0.15) is 0 Å². The number of aryl methyl sites for hydroxylation is 3. The Morgan fingerprint density at radius 2 is 1.86 bits per heavy atom. The van der Waals surface area contributed by atoms with Crippen molar-refractivity contribution in [1.82, 2.24) is 0 Å². The summed E-state index contributed by atoms with van der Waals surface area (Å²) < 4.78 is 0.591. The first kappa shape index (κ1) is 15.5. The third-order valence-electron chi connectivity index (χ3n) is 3.58. The van der Waals surface area contributed by atoms with Gasteiger partial charge in [-0.1, -0.05) is 30.0 Å². The minimum atomic E-state index is -0.0377. The van der Waals surface area contributed by atoms with Crippen molar-refractivity contribution >= 4 is 57.3 Å². The van der Waals surface area contributed by atoms with E-state index in [9.17, 15) is 4.79 Å². The van der Waals surface area contributed by atoms with Crippen LogP contribution >= 0.6 is 35.3 Å². The normalized spacial score (nSPS) is 16.9. The maximum atomic E-state index is 12.7. The van der Waals surface area contributed by atoms with Crippen LogP contribution in [0, 0.1) is 20.8 Å². The summed E-state index contributed by atoms with van der Waals surface area (Å²) in [6.07, 6.45) is 1.93. The van der Waals surface area contributed by atoms with Crippen molar-refractivity contribution in [1.29, 1.82) is 0 Å². The van der Waals surface area contributed by atoms with Crippen molar-refractivity contribution in [3.05, 3.63) is 56.1 Å². The number of hydrogen-bond acceptors (Lipinski definition) is 4. The van der Waals surface area contributed by atoms with E-state index in [4.69, 9.17) is 12.2 Å². The molecule has 0 radical (unpaired) electrons. The van der Waals surface area contributed by atoms with Crippen LogP contribution in [0.25, 0.3) is 6.08 Å². The summed E-state index contributed by atoms with van der Waals surface area (Å²) in [5.41, 5.74) is 3.21. The molecule has 2 heterocycles. The SMILES string of the molecule is Cc1ccc(/C=C2/SC(=S)N(c3ccc(C)c(C)c3)C2=O)s1. The highest BCUT2D eigenvalue weighted by Gasteiger charge is 2.33. The van der Waals surface area contributed by atoms with E-state index in [1.165, 1.54) is 22.2 Å². The zero-order valence-corrected chi connectivity index (χ0v) is 15.0. The van der Waals surface area contributed by atoms with Gasteiger partial charge in [0.05, 0.1) is 10.6 Å². The molecule has 1 fully saturated rings. The Kier molecular flexibility index (Phi) is 4.21. The largest absolute Gasteiger partial charge is 0.270 e. The maximum Gasteiger partial charge on any atom is 0.270 e. The molecular formula is C17H15NOS3. The van der Waals surface area contributed by atoms with Crippen molar-refractivity contribution in [3.8, 4) is 0 Å². The molecule has 1 aromatic heterocycles. The average molecular weight is 346 g/mol. The highest BCUT2D eigenvalue weighted by atomic mass is 32.2. The van der Waals surface area contributed by atoms with Crippen molar-refractivity contribution in [2.75, 3.05) is 4.90 Å². The van der Waals surface area contributed by atoms with Gasteiger partial charge in [-0.25, -0.2) is 0 Å². The van der Waals surface area contributed by atoms with Gasteiger partial charge in [0.2, 0.25) is 0 Å². The second-order valence-corrected chi connectivity index (χ2v) is 8.23. The number of nitrogens with zero attached hydrogens (tertiary/aromatic N) is 1. The molecule has 3 rings (SSSR count). The molecule has 2 nitrogen and oxygen atoms in total. The van der Waals surface area contributed by atoms with Crippen LogP contribution in [0.3, 0.4) is 0 Å². The number of rotatable bonds is 2. The van der Waals surface area contributed by atoms with E-state index in [1.54, 1.807) is 16.2 Å². The highest BCUT2D eigenvalue weighted by molar-refractivity contribution is 8.27. The van der Waals surface area contributed by atoms with Gasteiger partial charge in [-0.3, -0.25) is 9.69 Å². The molecule has 22 heavy (non-hydrogen) atoms. The molecule has 112 valence electrons. The molecule has 1 aliphatic heterocycles. The molecule has 0 aliphatic carbocycles. The Morgan fingerprint density at radius 3 is 2.50 bits per heavy atom. The summed E-state index contributed by atoms with van der Waals surface area (Å²) in [4.78, 5) is 17.3. The van der Waals surface area contributed by atoms with E-state index in [0.717, 1.165) is 16.1 Å². The second kappa shape index (κ2) is 5.99. The Bertz CT molecular complexity index is 804. The summed E-state index contributed by atoms with van der Waals surface area (Å²) >= 11 is 8.45. The molecule has 5 heteroatoms. The first-order valence-electron chi connectivity index (χ1n) is 6.87. The van der Waals surface area contributed by atoms with E-state index in [1.807, 2.05) is 37.3 Å². The van der Waals surface area contributed by atoms with Gasteiger partial charge in [-0.2, -0.15) is 0 Å². The molecule has 0 saturated carbocycles. The Morgan fingerprint density at radius 1 is 1.09 bits per heavy atom. The number of thioether (sulfide) groups is 1. The van der Waals surface area contributed by atoms with E-state index in [-0.39, 0.29) is 5.91 Å². The zero-order valence-electron chi connectivity index (χ0n) is 12.5. The van der Waals surface area contributed by atoms with Crippen LogP contribution < -0.4 is 4.90 Å². The molecular weight excluding hydrogens is 330 g/mol. The average Bonchev–Trinajstić information content (AvgIpc) is 2.98. The molecule has 0 N–H and O–H groups in total. The van der Waals surface area contributed by atoms with Gasteiger partial charge in [0, 0.05) is 9.75 Å². The zero-order chi connectivity index (χ0) is 15.9. The van der Waals surface area contributed by atoms with Gasteiger partial charge in [0.25, 0.3) is 5.91 Å². The van der Waals surface area contributed by atoms with Crippen LogP contribution in [-0.2, 0) is 4.79 Å². The fourth-order valence-corrected chi connectivity index (χ4v) is 4.40. The number of anilines is 1. The molecule has 1 aliphatic rings. The molecule has 1 aromatic carbocycles. The second-order valence-electron chi connectivity index (χ2n) is 5.23. The third-order valence-corrected chi connectivity index (χ3v) is 5.83. The van der Waals surface area contributed by atoms with E-state index < -0.39 is 0 Å². The van der Waals surface area contributed by atoms with E-state index in [0.29, 0.717) is 9.23 Å². The fraction of sp³-hybridized carbons (Fsp3) is 0.176. The minimum absolute atomic E-state index is 0.0377. The third kappa shape index (κ3) is 2.89. The monoisotopic (exact) mass is 345 g/mol. The van der Waals surface area contributed by atoms with Gasteiger partial charge >= 0.3 is 0 Å². The molecule has 1 amide bonds. The van der Waals surface area contributed by atoms with Crippen LogP contribution in [0.2, 0.25) is 0 Å².